The third kappa shape index (κ3) is 2.67. The Hall–Kier alpha value is -0.670. The smallest absolute Gasteiger partial charge is 0.142 e. The first-order chi connectivity index (χ1) is 7.27. The Morgan fingerprint density at radius 1 is 1.47 bits per heavy atom. The molecule has 2 heterocycles. The summed E-state index contributed by atoms with van der Waals surface area (Å²) in [5.74, 6) is 0.884. The van der Waals surface area contributed by atoms with Crippen molar-refractivity contribution in [2.75, 3.05) is 6.54 Å². The molecule has 82 valence electrons. The summed E-state index contributed by atoms with van der Waals surface area (Å²) in [4.78, 5) is 10.8. The molecule has 1 aromatic heterocycles. The number of halogens is 1. The van der Waals surface area contributed by atoms with Crippen molar-refractivity contribution in [3.63, 3.8) is 0 Å². The molecule has 2 rings (SSSR count). The van der Waals surface area contributed by atoms with Gasteiger partial charge in [0, 0.05) is 23.8 Å². The van der Waals surface area contributed by atoms with Crippen molar-refractivity contribution in [2.45, 2.75) is 37.7 Å². The summed E-state index contributed by atoms with van der Waals surface area (Å²) < 4.78 is 0. The Labute approximate surface area is 95.5 Å². The van der Waals surface area contributed by atoms with Gasteiger partial charge in [0.2, 0.25) is 0 Å². The molecule has 15 heavy (non-hydrogen) atoms. The Bertz CT molecular complexity index is 304. The van der Waals surface area contributed by atoms with Crippen LogP contribution < -0.4 is 0 Å². The molecule has 1 aliphatic heterocycles. The van der Waals surface area contributed by atoms with E-state index in [0.29, 0.717) is 6.04 Å². The molecule has 4 heteroatoms. The van der Waals surface area contributed by atoms with Crippen LogP contribution in [0.3, 0.4) is 0 Å². The highest BCUT2D eigenvalue weighted by Crippen LogP contribution is 2.22. The van der Waals surface area contributed by atoms with Gasteiger partial charge in [-0.15, -0.1) is 11.6 Å². The van der Waals surface area contributed by atoms with Crippen LogP contribution in [0.2, 0.25) is 0 Å². The summed E-state index contributed by atoms with van der Waals surface area (Å²) in [6.45, 7) is 4.09. The number of hydrogen-bond donors (Lipinski definition) is 0. The number of alkyl halides is 1. The van der Waals surface area contributed by atoms with Crippen LogP contribution in [0.4, 0.5) is 0 Å². The van der Waals surface area contributed by atoms with E-state index in [-0.39, 0.29) is 5.38 Å². The summed E-state index contributed by atoms with van der Waals surface area (Å²) in [6, 6.07) is 2.26. The van der Waals surface area contributed by atoms with E-state index in [4.69, 9.17) is 11.6 Å². The predicted octanol–water partition coefficient (Wildman–Crippen LogP) is 2.07. The van der Waals surface area contributed by atoms with E-state index in [1.807, 2.05) is 6.07 Å². The van der Waals surface area contributed by atoms with E-state index >= 15 is 0 Å². The van der Waals surface area contributed by atoms with Crippen LogP contribution in [0.1, 0.15) is 25.6 Å². The van der Waals surface area contributed by atoms with E-state index in [1.165, 1.54) is 6.42 Å². The van der Waals surface area contributed by atoms with Gasteiger partial charge < -0.3 is 0 Å². The van der Waals surface area contributed by atoms with Gasteiger partial charge in [0.1, 0.15) is 5.82 Å². The van der Waals surface area contributed by atoms with Gasteiger partial charge in [0.15, 0.2) is 0 Å². The van der Waals surface area contributed by atoms with Crippen molar-refractivity contribution in [1.82, 2.24) is 14.9 Å². The van der Waals surface area contributed by atoms with E-state index in [0.717, 1.165) is 25.3 Å². The molecular weight excluding hydrogens is 210 g/mol. The van der Waals surface area contributed by atoms with Crippen LogP contribution in [0.5, 0.6) is 0 Å². The maximum absolute atomic E-state index is 6.25. The zero-order valence-electron chi connectivity index (χ0n) is 8.93. The largest absolute Gasteiger partial charge is 0.292 e. The molecule has 0 spiro atoms. The van der Waals surface area contributed by atoms with E-state index in [2.05, 4.69) is 21.8 Å². The number of rotatable bonds is 2. The van der Waals surface area contributed by atoms with Gasteiger partial charge in [0.05, 0.1) is 6.54 Å². The standard InChI is InChI=1S/C11H16ClN3/c1-9-10(12)4-2-7-15(9)8-11-13-5-3-6-14-11/h3,5-6,9-10H,2,4,7-8H2,1H3. The Morgan fingerprint density at radius 3 is 2.93 bits per heavy atom. The summed E-state index contributed by atoms with van der Waals surface area (Å²) >= 11 is 6.25. The predicted molar refractivity (Wildman–Crippen MR) is 60.8 cm³/mol. The SMILES string of the molecule is CC1C(Cl)CCCN1Cc1ncccn1. The lowest BCUT2D eigenvalue weighted by molar-refractivity contribution is 0.152. The highest BCUT2D eigenvalue weighted by molar-refractivity contribution is 6.21. The first-order valence-electron chi connectivity index (χ1n) is 5.41. The number of nitrogens with zero attached hydrogens (tertiary/aromatic N) is 3. The number of piperidine rings is 1. The zero-order chi connectivity index (χ0) is 10.7. The number of aromatic nitrogens is 2. The average molecular weight is 226 g/mol. The molecule has 2 atom stereocenters. The van der Waals surface area contributed by atoms with Crippen LogP contribution in [0, 0.1) is 0 Å². The second-order valence-electron chi connectivity index (χ2n) is 4.03. The lowest BCUT2D eigenvalue weighted by Gasteiger charge is -2.36. The van der Waals surface area contributed by atoms with Crippen LogP contribution >= 0.6 is 11.6 Å². The lowest BCUT2D eigenvalue weighted by Crippen LogP contribution is -2.43. The van der Waals surface area contributed by atoms with E-state index in [9.17, 15) is 0 Å². The maximum atomic E-state index is 6.25. The molecular formula is C11H16ClN3. The lowest BCUT2D eigenvalue weighted by atomic mass is 10.0. The summed E-state index contributed by atoms with van der Waals surface area (Å²) in [5, 5.41) is 0.266. The minimum atomic E-state index is 0.266. The average Bonchev–Trinajstić information content (AvgIpc) is 2.26. The van der Waals surface area contributed by atoms with Crippen molar-refractivity contribution in [3.05, 3.63) is 24.3 Å². The molecule has 0 bridgehead atoms. The monoisotopic (exact) mass is 225 g/mol. The van der Waals surface area contributed by atoms with Crippen molar-refractivity contribution >= 4 is 11.6 Å². The topological polar surface area (TPSA) is 29.0 Å². The van der Waals surface area contributed by atoms with Crippen molar-refractivity contribution < 1.29 is 0 Å². The molecule has 1 aliphatic rings. The minimum absolute atomic E-state index is 0.266. The van der Waals surface area contributed by atoms with Gasteiger partial charge in [-0.25, -0.2) is 9.97 Å². The Balaban J connectivity index is 1.99. The zero-order valence-corrected chi connectivity index (χ0v) is 9.69. The quantitative estimate of drug-likeness (QED) is 0.722. The molecule has 0 radical (unpaired) electrons. The fourth-order valence-corrected chi connectivity index (χ4v) is 2.29. The molecule has 0 saturated carbocycles. The molecule has 0 N–H and O–H groups in total. The Morgan fingerprint density at radius 2 is 2.20 bits per heavy atom. The first-order valence-corrected chi connectivity index (χ1v) is 5.85. The molecule has 2 unspecified atom stereocenters. The van der Waals surface area contributed by atoms with E-state index < -0.39 is 0 Å². The minimum Gasteiger partial charge on any atom is -0.292 e. The van der Waals surface area contributed by atoms with Gasteiger partial charge in [-0.05, 0) is 32.4 Å². The second kappa shape index (κ2) is 4.90. The summed E-state index contributed by atoms with van der Waals surface area (Å²) in [7, 11) is 0. The second-order valence-corrected chi connectivity index (χ2v) is 4.59. The van der Waals surface area contributed by atoms with Gasteiger partial charge >= 0.3 is 0 Å². The highest BCUT2D eigenvalue weighted by Gasteiger charge is 2.26. The van der Waals surface area contributed by atoms with Crippen molar-refractivity contribution in [2.24, 2.45) is 0 Å². The molecule has 0 aliphatic carbocycles. The molecule has 1 saturated heterocycles. The van der Waals surface area contributed by atoms with Crippen molar-refractivity contribution in [1.29, 1.82) is 0 Å². The fourth-order valence-electron chi connectivity index (χ4n) is 1.98. The number of likely N-dealkylation sites (tertiary alicyclic amines) is 1. The van der Waals surface area contributed by atoms with Crippen molar-refractivity contribution in [3.8, 4) is 0 Å². The van der Waals surface area contributed by atoms with Gasteiger partial charge in [-0.2, -0.15) is 0 Å². The molecule has 0 aromatic carbocycles. The maximum Gasteiger partial charge on any atom is 0.142 e. The summed E-state index contributed by atoms with van der Waals surface area (Å²) in [6.07, 6.45) is 5.87. The Kier molecular flexibility index (Phi) is 3.54. The van der Waals surface area contributed by atoms with Crippen LogP contribution in [0.15, 0.2) is 18.5 Å². The summed E-state index contributed by atoms with van der Waals surface area (Å²) in [5.41, 5.74) is 0. The molecule has 1 aromatic rings. The number of hydrogen-bond acceptors (Lipinski definition) is 3. The van der Waals surface area contributed by atoms with E-state index in [1.54, 1.807) is 12.4 Å². The molecule has 0 amide bonds. The third-order valence-electron chi connectivity index (χ3n) is 2.99. The molecule has 3 nitrogen and oxygen atoms in total. The fraction of sp³-hybridized carbons (Fsp3) is 0.636. The van der Waals surface area contributed by atoms with Gasteiger partial charge in [-0.3, -0.25) is 4.90 Å². The third-order valence-corrected chi connectivity index (χ3v) is 3.57. The molecule has 1 fully saturated rings. The van der Waals surface area contributed by atoms with Crippen LogP contribution in [-0.4, -0.2) is 32.8 Å². The van der Waals surface area contributed by atoms with Gasteiger partial charge in [0.25, 0.3) is 0 Å². The first kappa shape index (κ1) is 10.8. The highest BCUT2D eigenvalue weighted by atomic mass is 35.5. The van der Waals surface area contributed by atoms with Crippen LogP contribution in [-0.2, 0) is 6.54 Å². The van der Waals surface area contributed by atoms with Crippen LogP contribution in [0.25, 0.3) is 0 Å². The van der Waals surface area contributed by atoms with Gasteiger partial charge in [-0.1, -0.05) is 0 Å². The normalized spacial score (nSPS) is 27.9.